The van der Waals surface area contributed by atoms with Crippen LogP contribution >= 0.6 is 0 Å². The molecule has 4 aliphatic heterocycles. The van der Waals surface area contributed by atoms with Crippen LogP contribution in [-0.2, 0) is 17.6 Å². The second-order valence-corrected chi connectivity index (χ2v) is 10.9. The van der Waals surface area contributed by atoms with Crippen molar-refractivity contribution in [3.63, 3.8) is 0 Å². The number of hydrogen-bond donors (Lipinski definition) is 2. The normalized spacial score (nSPS) is 26.4. The van der Waals surface area contributed by atoms with Gasteiger partial charge in [-0.2, -0.15) is 5.26 Å². The highest BCUT2D eigenvalue weighted by molar-refractivity contribution is 5.66. The van der Waals surface area contributed by atoms with Gasteiger partial charge in [-0.15, -0.1) is 0 Å². The van der Waals surface area contributed by atoms with E-state index in [0.717, 1.165) is 39.1 Å². The molecule has 1 unspecified atom stereocenters. The molecule has 0 aromatic heterocycles. The average molecular weight is 549 g/mol. The molecule has 10 heteroatoms. The monoisotopic (exact) mass is 548 g/mol. The number of nitrogens with two attached hydrogens (primary N) is 1. The Morgan fingerprint density at radius 1 is 1.18 bits per heavy atom. The van der Waals surface area contributed by atoms with Gasteiger partial charge in [0.2, 0.25) is 6.79 Å². The van der Waals surface area contributed by atoms with Crippen LogP contribution in [0, 0.1) is 25.2 Å². The number of likely N-dealkylation sites (N-methyl/N-ethyl adjacent to an activating group) is 1. The topological polar surface area (TPSA) is 123 Å². The first-order valence-electron chi connectivity index (χ1n) is 13.6. The number of fused-ring (bicyclic) bond motifs is 9. The standard InChI is InChI=1S/C30H36N4O6/c1-6-7-37-27-16(3)28-30(40-14-39-28)24-18(27)10-20-25-23-17(8-15(2)26(35)29(23)38-13-36-5)9-19(33(25)4)21(11-31)34(20)22(24)12-32/h6,8,19-22,25,35H,1,7,9-10,12-14,32H2,2-5H3/t19-,20?,21+,22+,25-/m1/s1. The van der Waals surface area contributed by atoms with Crippen LogP contribution in [-0.4, -0.2) is 73.9 Å². The maximum atomic E-state index is 11.2. The summed E-state index contributed by atoms with van der Waals surface area (Å²) in [5.41, 5.74) is 12.1. The van der Waals surface area contributed by atoms with Gasteiger partial charge in [-0.05, 0) is 44.9 Å². The van der Waals surface area contributed by atoms with Gasteiger partial charge in [0, 0.05) is 48.0 Å². The molecule has 0 radical (unpaired) electrons. The summed E-state index contributed by atoms with van der Waals surface area (Å²) < 4.78 is 29.5. The molecule has 2 aromatic carbocycles. The number of hydrogen-bond acceptors (Lipinski definition) is 10. The number of methoxy groups -OCH3 is 1. The van der Waals surface area contributed by atoms with Gasteiger partial charge in [0.1, 0.15) is 18.4 Å². The Bertz CT molecular complexity index is 1400. The summed E-state index contributed by atoms with van der Waals surface area (Å²) in [6.45, 7) is 8.43. The molecule has 40 heavy (non-hydrogen) atoms. The molecule has 2 aromatic rings. The molecule has 10 nitrogen and oxygen atoms in total. The minimum Gasteiger partial charge on any atom is -0.504 e. The second kappa shape index (κ2) is 10.2. The Hall–Kier alpha value is -3.49. The Balaban J connectivity index is 1.59. The van der Waals surface area contributed by atoms with Crippen LogP contribution in [0.25, 0.3) is 0 Å². The third kappa shape index (κ3) is 3.69. The summed E-state index contributed by atoms with van der Waals surface area (Å²) in [6.07, 6.45) is 2.93. The van der Waals surface area contributed by atoms with Crippen molar-refractivity contribution in [1.29, 1.82) is 5.26 Å². The van der Waals surface area contributed by atoms with E-state index in [1.807, 2.05) is 19.9 Å². The van der Waals surface area contributed by atoms with Crippen molar-refractivity contribution in [2.45, 2.75) is 56.9 Å². The van der Waals surface area contributed by atoms with E-state index in [2.05, 4.69) is 29.5 Å². The molecule has 0 spiro atoms. The smallest absolute Gasteiger partial charge is 0.231 e. The SMILES string of the molecule is C=CCOc1c(C)c2c(c3c1CC1[C@@H]4c5c(cc(C)c(O)c5OCOC)C[C@H]([C@H](C#N)N1[C@H]3CN)N4C)OCO2. The molecule has 1 saturated heterocycles. The molecule has 6 rings (SSSR count). The number of phenols is 1. The third-order valence-electron chi connectivity index (χ3n) is 8.96. The Morgan fingerprint density at radius 2 is 1.95 bits per heavy atom. The number of aromatic hydroxyl groups is 1. The molecule has 4 heterocycles. The molecule has 4 aliphatic rings. The Kier molecular flexibility index (Phi) is 6.79. The molecular weight excluding hydrogens is 512 g/mol. The summed E-state index contributed by atoms with van der Waals surface area (Å²) in [5, 5.41) is 21.8. The van der Waals surface area contributed by atoms with Crippen LogP contribution < -0.4 is 24.7 Å². The lowest BCUT2D eigenvalue weighted by Crippen LogP contribution is -2.68. The third-order valence-corrected chi connectivity index (χ3v) is 8.96. The van der Waals surface area contributed by atoms with Crippen molar-refractivity contribution in [2.75, 3.05) is 40.9 Å². The molecule has 0 saturated carbocycles. The molecular formula is C30H36N4O6. The van der Waals surface area contributed by atoms with E-state index in [-0.39, 0.29) is 50.0 Å². The summed E-state index contributed by atoms with van der Waals surface area (Å²) in [5.74, 6) is 2.64. The maximum Gasteiger partial charge on any atom is 0.231 e. The van der Waals surface area contributed by atoms with Crippen LogP contribution in [0.15, 0.2) is 18.7 Å². The fourth-order valence-corrected chi connectivity index (χ4v) is 7.39. The van der Waals surface area contributed by atoms with Gasteiger partial charge in [0.15, 0.2) is 29.8 Å². The number of nitriles is 1. The summed E-state index contributed by atoms with van der Waals surface area (Å²) in [6, 6.07) is 3.50. The van der Waals surface area contributed by atoms with E-state index >= 15 is 0 Å². The molecule has 1 fully saturated rings. The zero-order chi connectivity index (χ0) is 28.3. The highest BCUT2D eigenvalue weighted by atomic mass is 16.7. The lowest BCUT2D eigenvalue weighted by atomic mass is 9.71. The average Bonchev–Trinajstić information content (AvgIpc) is 3.44. The van der Waals surface area contributed by atoms with Crippen LogP contribution in [0.1, 0.15) is 45.5 Å². The van der Waals surface area contributed by atoms with Gasteiger partial charge in [-0.3, -0.25) is 9.80 Å². The first-order valence-corrected chi connectivity index (χ1v) is 13.6. The van der Waals surface area contributed by atoms with Crippen molar-refractivity contribution in [3.05, 3.63) is 52.1 Å². The van der Waals surface area contributed by atoms with E-state index in [9.17, 15) is 10.4 Å². The Morgan fingerprint density at radius 3 is 2.65 bits per heavy atom. The quantitative estimate of drug-likeness (QED) is 0.394. The van der Waals surface area contributed by atoms with Gasteiger partial charge in [-0.1, -0.05) is 18.7 Å². The number of benzene rings is 2. The molecule has 212 valence electrons. The lowest BCUT2D eigenvalue weighted by molar-refractivity contribution is -0.0719. The molecule has 0 aliphatic carbocycles. The predicted octanol–water partition coefficient (Wildman–Crippen LogP) is 3.02. The molecule has 2 bridgehead atoms. The minimum atomic E-state index is -0.421. The summed E-state index contributed by atoms with van der Waals surface area (Å²) in [7, 11) is 3.62. The van der Waals surface area contributed by atoms with Gasteiger partial charge in [-0.25, -0.2) is 0 Å². The van der Waals surface area contributed by atoms with Gasteiger partial charge >= 0.3 is 0 Å². The van der Waals surface area contributed by atoms with Crippen molar-refractivity contribution in [1.82, 2.24) is 9.80 Å². The first-order chi connectivity index (χ1) is 19.4. The zero-order valence-corrected chi connectivity index (χ0v) is 23.4. The minimum absolute atomic E-state index is 0.00892. The van der Waals surface area contributed by atoms with Crippen molar-refractivity contribution >= 4 is 0 Å². The molecule has 3 N–H and O–H groups in total. The van der Waals surface area contributed by atoms with Crippen molar-refractivity contribution in [3.8, 4) is 34.8 Å². The van der Waals surface area contributed by atoms with Crippen molar-refractivity contribution in [2.24, 2.45) is 5.73 Å². The Labute approximate surface area is 234 Å². The number of aryl methyl sites for hydroxylation is 1. The van der Waals surface area contributed by atoms with E-state index < -0.39 is 6.04 Å². The summed E-state index contributed by atoms with van der Waals surface area (Å²) >= 11 is 0. The highest BCUT2D eigenvalue weighted by Gasteiger charge is 2.56. The lowest BCUT2D eigenvalue weighted by Gasteiger charge is -2.60. The number of ether oxygens (including phenoxy) is 5. The molecule has 0 amide bonds. The van der Waals surface area contributed by atoms with E-state index in [4.69, 9.17) is 29.4 Å². The fraction of sp³-hybridized carbons (Fsp3) is 0.500. The zero-order valence-electron chi connectivity index (χ0n) is 23.4. The highest BCUT2D eigenvalue weighted by Crippen LogP contribution is 2.58. The van der Waals surface area contributed by atoms with Crippen molar-refractivity contribution < 1.29 is 28.8 Å². The number of piperazine rings is 1. The molecule has 5 atom stereocenters. The van der Waals surface area contributed by atoms with Crippen LogP contribution in [0.3, 0.4) is 0 Å². The summed E-state index contributed by atoms with van der Waals surface area (Å²) in [4.78, 5) is 4.54. The van der Waals surface area contributed by atoms with E-state index in [1.54, 1.807) is 13.2 Å². The first kappa shape index (κ1) is 26.7. The second-order valence-electron chi connectivity index (χ2n) is 10.9. The van der Waals surface area contributed by atoms with Gasteiger partial charge in [0.25, 0.3) is 0 Å². The number of rotatable bonds is 7. The van der Waals surface area contributed by atoms with E-state index in [1.165, 1.54) is 0 Å². The maximum absolute atomic E-state index is 11.2. The van der Waals surface area contributed by atoms with E-state index in [0.29, 0.717) is 36.7 Å². The number of nitrogens with zero attached hydrogens (tertiary/aromatic N) is 3. The number of phenolic OH excluding ortho intramolecular Hbond substituents is 1. The van der Waals surface area contributed by atoms with Gasteiger partial charge < -0.3 is 34.5 Å². The predicted molar refractivity (Wildman–Crippen MR) is 147 cm³/mol. The van der Waals surface area contributed by atoms with Gasteiger partial charge in [0.05, 0.1) is 18.2 Å². The fourth-order valence-electron chi connectivity index (χ4n) is 7.39. The van der Waals surface area contributed by atoms with Crippen LogP contribution in [0.5, 0.6) is 28.7 Å². The van der Waals surface area contributed by atoms with Crippen LogP contribution in [0.2, 0.25) is 0 Å². The largest absolute Gasteiger partial charge is 0.504 e. The van der Waals surface area contributed by atoms with Crippen LogP contribution in [0.4, 0.5) is 0 Å².